The van der Waals surface area contributed by atoms with Gasteiger partial charge in [-0.1, -0.05) is 0 Å². The summed E-state index contributed by atoms with van der Waals surface area (Å²) in [6.07, 6.45) is 2.50. The van der Waals surface area contributed by atoms with Gasteiger partial charge >= 0.3 is 6.03 Å². The highest BCUT2D eigenvalue weighted by molar-refractivity contribution is 5.89. The number of benzene rings is 1. The smallest absolute Gasteiger partial charge is 0.322 e. The third-order valence-electron chi connectivity index (χ3n) is 5.27. The van der Waals surface area contributed by atoms with Crippen LogP contribution < -0.4 is 5.32 Å². The van der Waals surface area contributed by atoms with E-state index < -0.39 is 0 Å². The van der Waals surface area contributed by atoms with Crippen LogP contribution in [0, 0.1) is 11.7 Å². The molecule has 0 aromatic heterocycles. The first kappa shape index (κ1) is 16.3. The summed E-state index contributed by atoms with van der Waals surface area (Å²) in [5.74, 6) is -0.316. The van der Waals surface area contributed by atoms with Crippen molar-refractivity contribution >= 4 is 17.6 Å². The molecule has 2 bridgehead atoms. The number of nitrogens with zero attached hydrogens (tertiary/aromatic N) is 2. The molecule has 3 amide bonds. The second-order valence-corrected chi connectivity index (χ2v) is 7.01. The van der Waals surface area contributed by atoms with Gasteiger partial charge in [-0.25, -0.2) is 9.18 Å². The van der Waals surface area contributed by atoms with E-state index in [-0.39, 0.29) is 35.9 Å². The van der Waals surface area contributed by atoms with Crippen molar-refractivity contribution in [2.45, 2.75) is 31.5 Å². The first-order chi connectivity index (χ1) is 12.1. The van der Waals surface area contributed by atoms with Crippen LogP contribution in [0.5, 0.6) is 0 Å². The van der Waals surface area contributed by atoms with E-state index in [0.29, 0.717) is 25.2 Å². The van der Waals surface area contributed by atoms with E-state index in [9.17, 15) is 14.0 Å². The number of fused-ring (bicyclic) bond motifs is 2. The Hall–Kier alpha value is -2.15. The van der Waals surface area contributed by atoms with Crippen molar-refractivity contribution in [1.29, 1.82) is 0 Å². The molecule has 3 heterocycles. The lowest BCUT2D eigenvalue weighted by Gasteiger charge is -2.33. The number of urea groups is 1. The van der Waals surface area contributed by atoms with Crippen LogP contribution in [-0.2, 0) is 9.53 Å². The van der Waals surface area contributed by atoms with Crippen molar-refractivity contribution in [3.63, 3.8) is 0 Å². The zero-order valence-corrected chi connectivity index (χ0v) is 14.0. The number of hydrogen-bond donors (Lipinski definition) is 1. The van der Waals surface area contributed by atoms with Gasteiger partial charge < -0.3 is 19.9 Å². The van der Waals surface area contributed by atoms with Gasteiger partial charge in [0.2, 0.25) is 5.91 Å². The van der Waals surface area contributed by atoms with Gasteiger partial charge in [-0.3, -0.25) is 4.79 Å². The minimum absolute atomic E-state index is 0.0886. The molecule has 25 heavy (non-hydrogen) atoms. The second kappa shape index (κ2) is 6.63. The lowest BCUT2D eigenvalue weighted by Crippen LogP contribution is -2.49. The molecule has 0 unspecified atom stereocenters. The maximum Gasteiger partial charge on any atom is 0.322 e. The fraction of sp³-hybridized carbons (Fsp3) is 0.556. The van der Waals surface area contributed by atoms with Gasteiger partial charge in [0.1, 0.15) is 5.82 Å². The molecular weight excluding hydrogens is 325 g/mol. The van der Waals surface area contributed by atoms with Crippen LogP contribution in [0.1, 0.15) is 19.3 Å². The Bertz CT molecular complexity index is 660. The molecule has 7 heteroatoms. The molecule has 0 spiro atoms. The largest absolute Gasteiger partial charge is 0.370 e. The van der Waals surface area contributed by atoms with Gasteiger partial charge in [-0.2, -0.15) is 0 Å². The number of likely N-dealkylation sites (tertiary alicyclic amines) is 2. The van der Waals surface area contributed by atoms with Gasteiger partial charge in [-0.05, 0) is 43.5 Å². The van der Waals surface area contributed by atoms with Crippen molar-refractivity contribution < 1.29 is 18.7 Å². The number of hydrogen-bond acceptors (Lipinski definition) is 3. The van der Waals surface area contributed by atoms with Gasteiger partial charge in [0.25, 0.3) is 0 Å². The van der Waals surface area contributed by atoms with E-state index in [1.165, 1.54) is 24.3 Å². The number of ether oxygens (including phenoxy) is 1. The predicted octanol–water partition coefficient (Wildman–Crippen LogP) is 2.07. The number of morpholine rings is 1. The van der Waals surface area contributed by atoms with E-state index in [1.54, 1.807) is 4.90 Å². The normalized spacial score (nSPS) is 28.3. The van der Waals surface area contributed by atoms with Crippen LogP contribution in [0.2, 0.25) is 0 Å². The Morgan fingerprint density at radius 3 is 2.52 bits per heavy atom. The molecule has 1 aromatic rings. The Balaban J connectivity index is 1.38. The maximum atomic E-state index is 13.0. The van der Waals surface area contributed by atoms with Crippen LogP contribution in [0.3, 0.4) is 0 Å². The summed E-state index contributed by atoms with van der Waals surface area (Å²) in [6, 6.07) is 5.44. The Morgan fingerprint density at radius 2 is 1.80 bits per heavy atom. The molecule has 1 aromatic carbocycles. The zero-order valence-electron chi connectivity index (χ0n) is 14.0. The average molecular weight is 347 g/mol. The van der Waals surface area contributed by atoms with Crippen LogP contribution in [0.25, 0.3) is 0 Å². The number of rotatable bonds is 2. The van der Waals surface area contributed by atoms with E-state index >= 15 is 0 Å². The van der Waals surface area contributed by atoms with Gasteiger partial charge in [0.15, 0.2) is 0 Å². The predicted molar refractivity (Wildman–Crippen MR) is 89.6 cm³/mol. The first-order valence-corrected chi connectivity index (χ1v) is 8.86. The van der Waals surface area contributed by atoms with E-state index in [2.05, 4.69) is 5.32 Å². The topological polar surface area (TPSA) is 61.9 Å². The highest BCUT2D eigenvalue weighted by Gasteiger charge is 2.47. The molecule has 1 N–H and O–H groups in total. The van der Waals surface area contributed by atoms with Gasteiger partial charge in [-0.15, -0.1) is 0 Å². The monoisotopic (exact) mass is 347 g/mol. The molecule has 4 rings (SSSR count). The van der Waals surface area contributed by atoms with Crippen molar-refractivity contribution in [1.82, 2.24) is 9.80 Å². The molecule has 0 aliphatic carbocycles. The number of carbonyl (C=O) groups is 2. The number of carbonyl (C=O) groups excluding carboxylic acids is 2. The Labute approximate surface area is 145 Å². The quantitative estimate of drug-likeness (QED) is 0.891. The average Bonchev–Trinajstić information content (AvgIpc) is 3.24. The van der Waals surface area contributed by atoms with Crippen LogP contribution >= 0.6 is 0 Å². The molecule has 3 aliphatic rings. The lowest BCUT2D eigenvalue weighted by molar-refractivity contribution is -0.137. The van der Waals surface area contributed by atoms with Crippen LogP contribution in [-0.4, -0.2) is 60.1 Å². The van der Waals surface area contributed by atoms with E-state index in [0.717, 1.165) is 25.9 Å². The first-order valence-electron chi connectivity index (χ1n) is 8.86. The molecule has 3 atom stereocenters. The van der Waals surface area contributed by atoms with Crippen molar-refractivity contribution in [3.8, 4) is 0 Å². The molecule has 0 saturated carbocycles. The maximum absolute atomic E-state index is 13.0. The summed E-state index contributed by atoms with van der Waals surface area (Å²) in [7, 11) is 0. The Morgan fingerprint density at radius 1 is 1.08 bits per heavy atom. The summed E-state index contributed by atoms with van der Waals surface area (Å²) in [4.78, 5) is 28.8. The zero-order chi connectivity index (χ0) is 17.4. The highest BCUT2D eigenvalue weighted by atomic mass is 19.1. The minimum atomic E-state index is -0.342. The number of halogens is 1. The van der Waals surface area contributed by atoms with Gasteiger partial charge in [0, 0.05) is 31.9 Å². The summed E-state index contributed by atoms with van der Waals surface area (Å²) in [5, 5.41) is 2.78. The molecule has 3 saturated heterocycles. The lowest BCUT2D eigenvalue weighted by atomic mass is 9.99. The fourth-order valence-electron chi connectivity index (χ4n) is 3.99. The van der Waals surface area contributed by atoms with E-state index in [4.69, 9.17) is 4.74 Å². The molecule has 0 radical (unpaired) electrons. The molecular formula is C18H22FN3O3. The van der Waals surface area contributed by atoms with Crippen molar-refractivity contribution in [2.24, 2.45) is 5.92 Å². The second-order valence-electron chi connectivity index (χ2n) is 7.01. The van der Waals surface area contributed by atoms with Crippen LogP contribution in [0.4, 0.5) is 14.9 Å². The summed E-state index contributed by atoms with van der Waals surface area (Å²) in [6.45, 7) is 2.56. The molecule has 6 nitrogen and oxygen atoms in total. The Kier molecular flexibility index (Phi) is 4.33. The van der Waals surface area contributed by atoms with Gasteiger partial charge in [0.05, 0.1) is 18.1 Å². The third kappa shape index (κ3) is 3.33. The van der Waals surface area contributed by atoms with Crippen molar-refractivity contribution in [2.75, 3.05) is 31.5 Å². The number of nitrogens with one attached hydrogen (secondary N) is 1. The third-order valence-corrected chi connectivity index (χ3v) is 5.27. The van der Waals surface area contributed by atoms with Crippen molar-refractivity contribution in [3.05, 3.63) is 30.1 Å². The number of amides is 3. The van der Waals surface area contributed by atoms with Crippen LogP contribution in [0.15, 0.2) is 24.3 Å². The standard InChI is InChI=1S/C18H22FN3O3/c19-12-3-5-13(6-4-12)20-18(24)22-10-14-9-15(16(11-22)25-14)17(23)21-7-1-2-8-21/h3-6,14-16H,1-2,7-11H2,(H,20,24)/t14-,15+,16-/m0/s1. The molecule has 3 aliphatic heterocycles. The summed E-state index contributed by atoms with van der Waals surface area (Å²) in [5.41, 5.74) is 0.551. The molecule has 3 fully saturated rings. The number of anilines is 1. The SMILES string of the molecule is O=C(Nc1ccc(F)cc1)N1C[C@@H]2C[C@@H](C(=O)N3CCCC3)[C@H](C1)O2. The molecule has 134 valence electrons. The van der Waals surface area contributed by atoms with E-state index in [1.807, 2.05) is 4.90 Å². The highest BCUT2D eigenvalue weighted by Crippen LogP contribution is 2.34. The minimum Gasteiger partial charge on any atom is -0.370 e. The summed E-state index contributed by atoms with van der Waals surface area (Å²) >= 11 is 0. The summed E-state index contributed by atoms with van der Waals surface area (Å²) < 4.78 is 18.9. The fourth-order valence-corrected chi connectivity index (χ4v) is 3.99.